The standard InChI is InChI=1S/C25H27N5O5/c1-15-6-9-18(10-7-15)30-21(12-16(2)28-30)26-22(31)14-29-23(32)25(3,27-24(29)33)17-8-11-19(34-4)20(13-17)35-5/h6-13H,14H2,1-5H3,(H,26,31)(H,27,33)/t25-/m1/s1. The fourth-order valence-corrected chi connectivity index (χ4v) is 3.98. The van der Waals surface area contributed by atoms with Crippen molar-refractivity contribution in [2.75, 3.05) is 26.1 Å². The molecule has 2 aromatic carbocycles. The lowest BCUT2D eigenvalue weighted by atomic mass is 9.91. The molecule has 1 atom stereocenters. The van der Waals surface area contributed by atoms with E-state index in [9.17, 15) is 14.4 Å². The first-order valence-corrected chi connectivity index (χ1v) is 11.0. The van der Waals surface area contributed by atoms with Crippen molar-refractivity contribution < 1.29 is 23.9 Å². The summed E-state index contributed by atoms with van der Waals surface area (Å²) in [5.74, 6) is 0.273. The number of carbonyl (C=O) groups excluding carboxylic acids is 3. The number of hydrogen-bond acceptors (Lipinski definition) is 6. The van der Waals surface area contributed by atoms with E-state index in [-0.39, 0.29) is 0 Å². The molecule has 3 aromatic rings. The van der Waals surface area contributed by atoms with Crippen LogP contribution in [0.2, 0.25) is 0 Å². The Kier molecular flexibility index (Phi) is 6.21. The summed E-state index contributed by atoms with van der Waals surface area (Å²) in [6, 6.07) is 13.7. The zero-order valence-electron chi connectivity index (χ0n) is 20.2. The molecule has 1 aliphatic rings. The summed E-state index contributed by atoms with van der Waals surface area (Å²) < 4.78 is 12.2. The second kappa shape index (κ2) is 9.13. The number of hydrogen-bond donors (Lipinski definition) is 2. The first kappa shape index (κ1) is 23.8. The molecule has 2 N–H and O–H groups in total. The maximum absolute atomic E-state index is 13.3. The number of aromatic nitrogens is 2. The van der Waals surface area contributed by atoms with Crippen LogP contribution in [0.15, 0.2) is 48.5 Å². The molecule has 4 amide bonds. The SMILES string of the molecule is COc1ccc([C@@]2(C)NC(=O)N(CC(=O)Nc3cc(C)nn3-c3ccc(C)cc3)C2=O)cc1OC. The van der Waals surface area contributed by atoms with Crippen LogP contribution in [-0.4, -0.2) is 53.3 Å². The van der Waals surface area contributed by atoms with Gasteiger partial charge >= 0.3 is 6.03 Å². The number of rotatable bonds is 7. The van der Waals surface area contributed by atoms with E-state index in [1.807, 2.05) is 38.1 Å². The van der Waals surface area contributed by atoms with Crippen molar-refractivity contribution in [1.82, 2.24) is 20.0 Å². The van der Waals surface area contributed by atoms with E-state index < -0.39 is 29.9 Å². The third kappa shape index (κ3) is 4.42. The van der Waals surface area contributed by atoms with Gasteiger partial charge in [0, 0.05) is 6.07 Å². The van der Waals surface area contributed by atoms with Crippen molar-refractivity contribution in [2.45, 2.75) is 26.3 Å². The van der Waals surface area contributed by atoms with Gasteiger partial charge in [0.2, 0.25) is 5.91 Å². The number of methoxy groups -OCH3 is 2. The average molecular weight is 478 g/mol. The van der Waals surface area contributed by atoms with Gasteiger partial charge in [0.15, 0.2) is 11.5 Å². The number of imide groups is 1. The molecule has 1 saturated heterocycles. The molecule has 0 spiro atoms. The highest BCUT2D eigenvalue weighted by Gasteiger charge is 2.49. The molecule has 4 rings (SSSR count). The molecule has 0 bridgehead atoms. The molecule has 35 heavy (non-hydrogen) atoms. The van der Waals surface area contributed by atoms with Crippen LogP contribution >= 0.6 is 0 Å². The Hall–Kier alpha value is -4.34. The highest BCUT2D eigenvalue weighted by Crippen LogP contribution is 2.35. The molecule has 0 aliphatic carbocycles. The van der Waals surface area contributed by atoms with Crippen molar-refractivity contribution in [3.05, 3.63) is 65.4 Å². The van der Waals surface area contributed by atoms with E-state index in [0.29, 0.717) is 28.6 Å². The Morgan fingerprint density at radius 2 is 1.71 bits per heavy atom. The summed E-state index contributed by atoms with van der Waals surface area (Å²) in [5.41, 5.74) is 1.72. The van der Waals surface area contributed by atoms with Crippen LogP contribution in [0.1, 0.15) is 23.7 Å². The second-order valence-corrected chi connectivity index (χ2v) is 8.48. The summed E-state index contributed by atoms with van der Waals surface area (Å²) in [6.45, 7) is 4.93. The summed E-state index contributed by atoms with van der Waals surface area (Å²) >= 11 is 0. The van der Waals surface area contributed by atoms with Crippen molar-refractivity contribution in [3.8, 4) is 17.2 Å². The molecule has 0 radical (unpaired) electrons. The van der Waals surface area contributed by atoms with Gasteiger partial charge in [-0.3, -0.25) is 14.5 Å². The van der Waals surface area contributed by atoms with Gasteiger partial charge in [0.05, 0.1) is 25.6 Å². The minimum Gasteiger partial charge on any atom is -0.493 e. The maximum atomic E-state index is 13.3. The van der Waals surface area contributed by atoms with Gasteiger partial charge in [0.1, 0.15) is 17.9 Å². The van der Waals surface area contributed by atoms with Gasteiger partial charge < -0.3 is 20.1 Å². The number of urea groups is 1. The number of ether oxygens (including phenoxy) is 2. The van der Waals surface area contributed by atoms with E-state index in [1.165, 1.54) is 14.2 Å². The van der Waals surface area contributed by atoms with Crippen LogP contribution < -0.4 is 20.1 Å². The summed E-state index contributed by atoms with van der Waals surface area (Å²) in [6.07, 6.45) is 0. The molecular formula is C25H27N5O5. The van der Waals surface area contributed by atoms with Gasteiger partial charge in [0.25, 0.3) is 5.91 Å². The first-order chi connectivity index (χ1) is 16.7. The molecule has 0 saturated carbocycles. The number of nitrogens with zero attached hydrogens (tertiary/aromatic N) is 3. The molecular weight excluding hydrogens is 450 g/mol. The highest BCUT2D eigenvalue weighted by molar-refractivity contribution is 6.10. The van der Waals surface area contributed by atoms with Gasteiger partial charge in [-0.05, 0) is 50.6 Å². The predicted molar refractivity (Wildman–Crippen MR) is 129 cm³/mol. The van der Waals surface area contributed by atoms with E-state index in [0.717, 1.165) is 16.2 Å². The van der Waals surface area contributed by atoms with E-state index >= 15 is 0 Å². The zero-order valence-corrected chi connectivity index (χ0v) is 20.2. The summed E-state index contributed by atoms with van der Waals surface area (Å²) in [5, 5.41) is 9.90. The van der Waals surface area contributed by atoms with Crippen molar-refractivity contribution in [3.63, 3.8) is 0 Å². The summed E-state index contributed by atoms with van der Waals surface area (Å²) in [7, 11) is 2.99. The molecule has 1 aromatic heterocycles. The molecule has 2 heterocycles. The zero-order chi connectivity index (χ0) is 25.3. The fourth-order valence-electron chi connectivity index (χ4n) is 3.98. The third-order valence-corrected chi connectivity index (χ3v) is 5.92. The number of anilines is 1. The average Bonchev–Trinajstić information content (AvgIpc) is 3.30. The largest absolute Gasteiger partial charge is 0.493 e. The van der Waals surface area contributed by atoms with Gasteiger partial charge in [-0.15, -0.1) is 0 Å². The number of nitrogens with one attached hydrogen (secondary N) is 2. The van der Waals surface area contributed by atoms with E-state index in [2.05, 4.69) is 15.7 Å². The number of carbonyl (C=O) groups is 3. The van der Waals surface area contributed by atoms with Crippen molar-refractivity contribution in [2.24, 2.45) is 0 Å². The minimum atomic E-state index is -1.36. The smallest absolute Gasteiger partial charge is 0.325 e. The second-order valence-electron chi connectivity index (χ2n) is 8.48. The lowest BCUT2D eigenvalue weighted by Crippen LogP contribution is -2.42. The Labute approximate surface area is 202 Å². The van der Waals surface area contributed by atoms with Gasteiger partial charge in [-0.2, -0.15) is 5.10 Å². The lowest BCUT2D eigenvalue weighted by Gasteiger charge is -2.23. The molecule has 0 unspecified atom stereocenters. The van der Waals surface area contributed by atoms with Gasteiger partial charge in [-0.25, -0.2) is 9.48 Å². The van der Waals surface area contributed by atoms with Gasteiger partial charge in [-0.1, -0.05) is 23.8 Å². The molecule has 10 heteroatoms. The molecule has 1 aliphatic heterocycles. The van der Waals surface area contributed by atoms with Crippen LogP contribution in [0, 0.1) is 13.8 Å². The predicted octanol–water partition coefficient (Wildman–Crippen LogP) is 2.91. The Bertz CT molecular complexity index is 1300. The Morgan fingerprint density at radius 3 is 2.37 bits per heavy atom. The first-order valence-electron chi connectivity index (χ1n) is 11.0. The number of benzene rings is 2. The highest BCUT2D eigenvalue weighted by atomic mass is 16.5. The molecule has 10 nitrogen and oxygen atoms in total. The summed E-state index contributed by atoms with van der Waals surface area (Å²) in [4.78, 5) is 39.8. The van der Waals surface area contributed by atoms with Crippen LogP contribution in [0.3, 0.4) is 0 Å². The molecule has 1 fully saturated rings. The number of amides is 4. The van der Waals surface area contributed by atoms with Crippen LogP contribution in [0.5, 0.6) is 11.5 Å². The van der Waals surface area contributed by atoms with Crippen LogP contribution in [0.25, 0.3) is 5.69 Å². The normalized spacial score (nSPS) is 17.3. The van der Waals surface area contributed by atoms with Crippen LogP contribution in [-0.2, 0) is 15.1 Å². The Balaban J connectivity index is 1.53. The van der Waals surface area contributed by atoms with Crippen molar-refractivity contribution in [1.29, 1.82) is 0 Å². The van der Waals surface area contributed by atoms with E-state index in [1.54, 1.807) is 35.9 Å². The van der Waals surface area contributed by atoms with Crippen LogP contribution in [0.4, 0.5) is 10.6 Å². The van der Waals surface area contributed by atoms with E-state index in [4.69, 9.17) is 9.47 Å². The maximum Gasteiger partial charge on any atom is 0.325 e. The van der Waals surface area contributed by atoms with Crippen molar-refractivity contribution >= 4 is 23.7 Å². The minimum absolute atomic E-state index is 0.421. The lowest BCUT2D eigenvalue weighted by molar-refractivity contribution is -0.133. The molecule has 182 valence electrons. The third-order valence-electron chi connectivity index (χ3n) is 5.92. The monoisotopic (exact) mass is 477 g/mol. The topological polar surface area (TPSA) is 115 Å². The fraction of sp³-hybridized carbons (Fsp3) is 0.280. The quantitative estimate of drug-likeness (QED) is 0.506. The Morgan fingerprint density at radius 1 is 1.03 bits per heavy atom. The number of aryl methyl sites for hydroxylation is 2.